The van der Waals surface area contributed by atoms with E-state index in [0.717, 1.165) is 3.57 Å². The maximum absolute atomic E-state index is 14.4. The van der Waals surface area contributed by atoms with Gasteiger partial charge in [0.25, 0.3) is 5.91 Å². The molecular formula is C22H26FIN2O4S. The average Bonchev–Trinajstić information content (AvgIpc) is 3.21. The molecule has 1 aromatic heterocycles. The lowest BCUT2D eigenvalue weighted by Crippen LogP contribution is -2.34. The van der Waals surface area contributed by atoms with Gasteiger partial charge in [0.1, 0.15) is 16.9 Å². The summed E-state index contributed by atoms with van der Waals surface area (Å²) >= 11 is 3.22. The van der Waals surface area contributed by atoms with Crippen LogP contribution < -0.4 is 10.6 Å². The predicted octanol–water partition coefficient (Wildman–Crippen LogP) is 5.41. The van der Waals surface area contributed by atoms with Crippen LogP contribution in [0.25, 0.3) is 0 Å². The fourth-order valence-electron chi connectivity index (χ4n) is 3.35. The minimum atomic E-state index is -0.678. The fraction of sp³-hybridized carbons (Fsp3) is 0.455. The number of hydrogen-bond donors (Lipinski definition) is 2. The highest BCUT2D eigenvalue weighted by atomic mass is 127. The van der Waals surface area contributed by atoms with Crippen molar-refractivity contribution in [1.29, 1.82) is 0 Å². The van der Waals surface area contributed by atoms with E-state index in [0.29, 0.717) is 40.5 Å². The molecule has 2 aromatic rings. The molecule has 0 saturated carbocycles. The summed E-state index contributed by atoms with van der Waals surface area (Å²) in [7, 11) is 0. The predicted molar refractivity (Wildman–Crippen MR) is 128 cm³/mol. The molecule has 0 unspecified atom stereocenters. The molecule has 0 bridgehead atoms. The first-order valence-electron chi connectivity index (χ1n) is 10.1. The van der Waals surface area contributed by atoms with Crippen molar-refractivity contribution in [2.75, 3.05) is 18.5 Å². The number of ketones is 1. The Morgan fingerprint density at radius 3 is 2.71 bits per heavy atom. The number of thiophene rings is 1. The van der Waals surface area contributed by atoms with E-state index in [9.17, 15) is 14.0 Å². The summed E-state index contributed by atoms with van der Waals surface area (Å²) < 4.78 is 26.5. The third-order valence-corrected chi connectivity index (χ3v) is 6.76. The molecule has 6 nitrogen and oxygen atoms in total. The number of carbonyl (C=O) groups excluding carboxylic acids is 2. The van der Waals surface area contributed by atoms with Crippen LogP contribution >= 0.6 is 33.9 Å². The van der Waals surface area contributed by atoms with Gasteiger partial charge < -0.3 is 20.1 Å². The van der Waals surface area contributed by atoms with Crippen LogP contribution in [-0.2, 0) is 9.47 Å². The Morgan fingerprint density at radius 2 is 2.10 bits per heavy atom. The van der Waals surface area contributed by atoms with E-state index in [1.807, 2.05) is 43.4 Å². The maximum atomic E-state index is 14.4. The summed E-state index contributed by atoms with van der Waals surface area (Å²) in [6, 6.07) is 4.80. The van der Waals surface area contributed by atoms with Gasteiger partial charge in [0.15, 0.2) is 11.6 Å². The summed E-state index contributed by atoms with van der Waals surface area (Å²) in [6.07, 6.45) is 0.840. The van der Waals surface area contributed by atoms with Crippen molar-refractivity contribution >= 4 is 56.3 Å². The number of carbonyl (C=O) groups is 2. The summed E-state index contributed by atoms with van der Waals surface area (Å²) in [5.74, 6) is -1.47. The van der Waals surface area contributed by atoms with E-state index in [4.69, 9.17) is 9.47 Å². The Balaban J connectivity index is 1.87. The SMILES string of the molecule is CCCC(=O)c1sc(Nc2ccc(I)cc2F)c(C(=O)NC[C@@H]2COC(C)(C)O2)c1C. The van der Waals surface area contributed by atoms with Crippen LogP contribution in [0.15, 0.2) is 18.2 Å². The van der Waals surface area contributed by atoms with Crippen LogP contribution in [-0.4, -0.2) is 36.7 Å². The zero-order valence-electron chi connectivity index (χ0n) is 17.9. The Morgan fingerprint density at radius 1 is 1.35 bits per heavy atom. The van der Waals surface area contributed by atoms with Crippen molar-refractivity contribution in [3.63, 3.8) is 0 Å². The molecule has 31 heavy (non-hydrogen) atoms. The lowest BCUT2D eigenvalue weighted by atomic mass is 10.1. The number of nitrogens with one attached hydrogen (secondary N) is 2. The Kier molecular flexibility index (Phi) is 7.72. The van der Waals surface area contributed by atoms with Gasteiger partial charge >= 0.3 is 0 Å². The highest BCUT2D eigenvalue weighted by molar-refractivity contribution is 14.1. The third kappa shape index (κ3) is 5.82. The second-order valence-corrected chi connectivity index (χ2v) is 10.1. The number of benzene rings is 1. The van der Waals surface area contributed by atoms with Gasteiger partial charge in [-0.1, -0.05) is 6.92 Å². The highest BCUT2D eigenvalue weighted by Gasteiger charge is 2.33. The third-order valence-electron chi connectivity index (χ3n) is 4.84. The molecule has 1 aliphatic heterocycles. The maximum Gasteiger partial charge on any atom is 0.254 e. The lowest BCUT2D eigenvalue weighted by Gasteiger charge is -2.17. The zero-order chi connectivity index (χ0) is 22.8. The van der Waals surface area contributed by atoms with E-state index in [-0.39, 0.29) is 30.0 Å². The summed E-state index contributed by atoms with van der Waals surface area (Å²) in [6.45, 7) is 7.98. The standard InChI is InChI=1S/C22H26FIN2O4S/c1-5-6-17(27)19-12(2)18(20(28)25-10-14-11-29-22(3,4)30-14)21(31-19)26-16-8-7-13(24)9-15(16)23/h7-9,14,26H,5-6,10-11H2,1-4H3,(H,25,28)/t14-/m1/s1. The summed E-state index contributed by atoms with van der Waals surface area (Å²) in [5, 5.41) is 6.33. The molecule has 2 heterocycles. The van der Waals surface area contributed by atoms with Crippen molar-refractivity contribution in [1.82, 2.24) is 5.32 Å². The van der Waals surface area contributed by atoms with Crippen LogP contribution in [0.1, 0.15) is 59.2 Å². The smallest absolute Gasteiger partial charge is 0.254 e. The highest BCUT2D eigenvalue weighted by Crippen LogP contribution is 2.37. The molecule has 1 fully saturated rings. The van der Waals surface area contributed by atoms with Crippen molar-refractivity contribution in [3.05, 3.63) is 43.6 Å². The number of Topliss-reactive ketones (excluding diaryl/α,β-unsaturated/α-hetero) is 1. The monoisotopic (exact) mass is 560 g/mol. The molecule has 1 aliphatic rings. The summed E-state index contributed by atoms with van der Waals surface area (Å²) in [4.78, 5) is 26.2. The van der Waals surface area contributed by atoms with Crippen LogP contribution in [0.5, 0.6) is 0 Å². The van der Waals surface area contributed by atoms with Crippen LogP contribution in [0, 0.1) is 16.3 Å². The van der Waals surface area contributed by atoms with E-state index in [1.165, 1.54) is 17.4 Å². The first-order chi connectivity index (χ1) is 14.6. The Bertz CT molecular complexity index is 992. The van der Waals surface area contributed by atoms with E-state index < -0.39 is 11.6 Å². The van der Waals surface area contributed by atoms with Gasteiger partial charge in [-0.15, -0.1) is 11.3 Å². The number of anilines is 2. The number of ether oxygens (including phenoxy) is 2. The molecule has 2 N–H and O–H groups in total. The van der Waals surface area contributed by atoms with Crippen molar-refractivity contribution in [2.45, 2.75) is 52.4 Å². The molecule has 0 aliphatic carbocycles. The Labute approximate surface area is 199 Å². The van der Waals surface area contributed by atoms with Crippen molar-refractivity contribution in [3.8, 4) is 0 Å². The van der Waals surface area contributed by atoms with Crippen LogP contribution in [0.2, 0.25) is 0 Å². The molecule has 9 heteroatoms. The second kappa shape index (κ2) is 9.93. The first kappa shape index (κ1) is 24.1. The topological polar surface area (TPSA) is 76.7 Å². The van der Waals surface area contributed by atoms with E-state index in [1.54, 1.807) is 19.1 Å². The number of halogens is 2. The van der Waals surface area contributed by atoms with Gasteiger partial charge in [-0.05, 0) is 73.5 Å². The van der Waals surface area contributed by atoms with E-state index in [2.05, 4.69) is 10.6 Å². The molecule has 3 rings (SSSR count). The number of rotatable bonds is 8. The van der Waals surface area contributed by atoms with E-state index >= 15 is 0 Å². The van der Waals surface area contributed by atoms with Crippen molar-refractivity contribution in [2.24, 2.45) is 0 Å². The number of hydrogen-bond acceptors (Lipinski definition) is 6. The molecule has 1 atom stereocenters. The Hall–Kier alpha value is -1.56. The average molecular weight is 560 g/mol. The molecule has 0 radical (unpaired) electrons. The zero-order valence-corrected chi connectivity index (χ0v) is 20.9. The first-order valence-corrected chi connectivity index (χ1v) is 12.0. The number of amides is 1. The minimum absolute atomic E-state index is 0.0237. The van der Waals surface area contributed by atoms with Gasteiger partial charge in [-0.3, -0.25) is 9.59 Å². The van der Waals surface area contributed by atoms with Crippen LogP contribution in [0.3, 0.4) is 0 Å². The minimum Gasteiger partial charge on any atom is -0.349 e. The van der Waals surface area contributed by atoms with Crippen molar-refractivity contribution < 1.29 is 23.5 Å². The van der Waals surface area contributed by atoms with Gasteiger partial charge in [0, 0.05) is 16.5 Å². The van der Waals surface area contributed by atoms with Gasteiger partial charge in [-0.2, -0.15) is 0 Å². The second-order valence-electron chi connectivity index (χ2n) is 7.84. The largest absolute Gasteiger partial charge is 0.349 e. The summed E-state index contributed by atoms with van der Waals surface area (Å²) in [5.41, 5.74) is 1.19. The van der Waals surface area contributed by atoms with Gasteiger partial charge in [-0.25, -0.2) is 4.39 Å². The molecular weight excluding hydrogens is 534 g/mol. The molecule has 1 saturated heterocycles. The normalized spacial score (nSPS) is 17.5. The molecule has 0 spiro atoms. The van der Waals surface area contributed by atoms with Crippen LogP contribution in [0.4, 0.5) is 15.1 Å². The lowest BCUT2D eigenvalue weighted by molar-refractivity contribution is -0.137. The fourth-order valence-corrected chi connectivity index (χ4v) is 4.99. The van der Waals surface area contributed by atoms with Gasteiger partial charge in [0.05, 0.1) is 22.7 Å². The van der Waals surface area contributed by atoms with Gasteiger partial charge in [0.2, 0.25) is 0 Å². The molecule has 1 amide bonds. The quantitative estimate of drug-likeness (QED) is 0.334. The molecule has 168 valence electrons. The molecule has 1 aromatic carbocycles.